The molecular formula is C17H22FN3. The van der Waals surface area contributed by atoms with E-state index in [4.69, 9.17) is 5.73 Å². The first kappa shape index (κ1) is 15.4. The molecule has 0 saturated carbocycles. The fraction of sp³-hybridized carbons (Fsp3) is 0.353. The Morgan fingerprint density at radius 3 is 2.43 bits per heavy atom. The van der Waals surface area contributed by atoms with Crippen LogP contribution in [0.2, 0.25) is 0 Å². The summed E-state index contributed by atoms with van der Waals surface area (Å²) in [6.45, 7) is 6.73. The van der Waals surface area contributed by atoms with Crippen molar-refractivity contribution in [3.05, 3.63) is 53.5 Å². The zero-order valence-electron chi connectivity index (χ0n) is 13.0. The number of anilines is 2. The van der Waals surface area contributed by atoms with Crippen molar-refractivity contribution >= 4 is 11.5 Å². The Bertz CT molecular complexity index is 632. The molecule has 0 spiro atoms. The Morgan fingerprint density at radius 1 is 1.19 bits per heavy atom. The van der Waals surface area contributed by atoms with Gasteiger partial charge in [0.05, 0.1) is 5.69 Å². The molecule has 1 aromatic carbocycles. The predicted octanol–water partition coefficient (Wildman–Crippen LogP) is 3.74. The van der Waals surface area contributed by atoms with Crippen LogP contribution < -0.4 is 10.6 Å². The van der Waals surface area contributed by atoms with Crippen molar-refractivity contribution in [3.8, 4) is 0 Å². The first-order chi connectivity index (χ1) is 9.82. The van der Waals surface area contributed by atoms with Crippen molar-refractivity contribution in [3.63, 3.8) is 0 Å². The number of halogens is 1. The number of nitrogens with zero attached hydrogens (tertiary/aromatic N) is 2. The van der Waals surface area contributed by atoms with Crippen LogP contribution in [0.3, 0.4) is 0 Å². The van der Waals surface area contributed by atoms with E-state index in [2.05, 4.69) is 25.8 Å². The molecule has 0 amide bonds. The molecule has 0 atom stereocenters. The number of para-hydroxylation sites is 1. The topological polar surface area (TPSA) is 42.1 Å². The smallest absolute Gasteiger partial charge is 0.146 e. The van der Waals surface area contributed by atoms with Crippen molar-refractivity contribution in [2.24, 2.45) is 5.73 Å². The Hall–Kier alpha value is -1.94. The number of nitrogens with two attached hydrogens (primary N) is 1. The molecule has 2 rings (SSSR count). The number of hydrogen-bond acceptors (Lipinski definition) is 3. The van der Waals surface area contributed by atoms with Gasteiger partial charge in [0.1, 0.15) is 11.6 Å². The Labute approximate surface area is 125 Å². The summed E-state index contributed by atoms with van der Waals surface area (Å²) in [5.41, 5.74) is 8.13. The average molecular weight is 287 g/mol. The molecule has 2 aromatic rings. The predicted molar refractivity (Wildman–Crippen MR) is 85.3 cm³/mol. The number of rotatable bonds is 3. The molecule has 0 bridgehead atoms. The van der Waals surface area contributed by atoms with Crippen LogP contribution in [0.4, 0.5) is 15.9 Å². The first-order valence-corrected chi connectivity index (χ1v) is 7.02. The van der Waals surface area contributed by atoms with Crippen LogP contribution in [0.1, 0.15) is 32.0 Å². The zero-order valence-corrected chi connectivity index (χ0v) is 13.0. The summed E-state index contributed by atoms with van der Waals surface area (Å²) in [7, 11) is 1.81. The lowest BCUT2D eigenvalue weighted by molar-refractivity contribution is 0.567. The van der Waals surface area contributed by atoms with Gasteiger partial charge in [0.25, 0.3) is 0 Å². The summed E-state index contributed by atoms with van der Waals surface area (Å²) >= 11 is 0. The molecular weight excluding hydrogens is 265 g/mol. The van der Waals surface area contributed by atoms with Crippen LogP contribution in [-0.4, -0.2) is 12.0 Å². The van der Waals surface area contributed by atoms with Crippen LogP contribution in [0.25, 0.3) is 0 Å². The van der Waals surface area contributed by atoms with Gasteiger partial charge in [0.15, 0.2) is 0 Å². The van der Waals surface area contributed by atoms with Crippen molar-refractivity contribution in [2.75, 3.05) is 11.9 Å². The minimum atomic E-state index is -0.266. The van der Waals surface area contributed by atoms with Crippen LogP contribution in [0, 0.1) is 5.82 Å². The van der Waals surface area contributed by atoms with Crippen molar-refractivity contribution in [1.82, 2.24) is 4.98 Å². The number of benzene rings is 1. The third-order valence-corrected chi connectivity index (χ3v) is 3.43. The summed E-state index contributed by atoms with van der Waals surface area (Å²) in [5, 5.41) is 0. The maximum Gasteiger partial charge on any atom is 0.146 e. The SMILES string of the molecule is CN(c1cc(CN)cc(C(C)(C)C)n1)c1ccccc1F. The number of pyridine rings is 1. The lowest BCUT2D eigenvalue weighted by atomic mass is 9.90. The van der Waals surface area contributed by atoms with Gasteiger partial charge in [-0.2, -0.15) is 0 Å². The molecule has 112 valence electrons. The lowest BCUT2D eigenvalue weighted by Crippen LogP contribution is -2.19. The van der Waals surface area contributed by atoms with E-state index in [0.29, 0.717) is 18.1 Å². The van der Waals surface area contributed by atoms with E-state index >= 15 is 0 Å². The summed E-state index contributed by atoms with van der Waals surface area (Å²) in [6.07, 6.45) is 0. The van der Waals surface area contributed by atoms with Crippen molar-refractivity contribution < 1.29 is 4.39 Å². The van der Waals surface area contributed by atoms with E-state index in [1.165, 1.54) is 6.07 Å². The van der Waals surface area contributed by atoms with E-state index in [1.807, 2.05) is 25.2 Å². The highest BCUT2D eigenvalue weighted by molar-refractivity contribution is 5.60. The molecule has 3 nitrogen and oxygen atoms in total. The summed E-state index contributed by atoms with van der Waals surface area (Å²) in [6, 6.07) is 10.6. The largest absolute Gasteiger partial charge is 0.327 e. The maximum atomic E-state index is 13.9. The van der Waals surface area contributed by atoms with Gasteiger partial charge in [0, 0.05) is 24.7 Å². The molecule has 0 aliphatic carbocycles. The Balaban J connectivity index is 2.51. The minimum absolute atomic E-state index is 0.0873. The van der Waals surface area contributed by atoms with E-state index in [0.717, 1.165) is 11.3 Å². The molecule has 1 aromatic heterocycles. The molecule has 1 heterocycles. The minimum Gasteiger partial charge on any atom is -0.327 e. The van der Waals surface area contributed by atoms with Gasteiger partial charge < -0.3 is 10.6 Å². The molecule has 4 heteroatoms. The van der Waals surface area contributed by atoms with Crippen LogP contribution in [-0.2, 0) is 12.0 Å². The quantitative estimate of drug-likeness (QED) is 0.935. The molecule has 21 heavy (non-hydrogen) atoms. The monoisotopic (exact) mass is 287 g/mol. The normalized spacial score (nSPS) is 11.5. The Kier molecular flexibility index (Phi) is 4.28. The van der Waals surface area contributed by atoms with Crippen LogP contribution in [0.15, 0.2) is 36.4 Å². The zero-order chi connectivity index (χ0) is 15.6. The van der Waals surface area contributed by atoms with E-state index in [-0.39, 0.29) is 11.2 Å². The number of hydrogen-bond donors (Lipinski definition) is 1. The standard InChI is InChI=1S/C17H22FN3/c1-17(2,3)15-9-12(11-19)10-16(20-15)21(4)14-8-6-5-7-13(14)18/h5-10H,11,19H2,1-4H3. The highest BCUT2D eigenvalue weighted by Gasteiger charge is 2.19. The molecule has 0 aliphatic heterocycles. The summed E-state index contributed by atoms with van der Waals surface area (Å²) in [4.78, 5) is 6.43. The average Bonchev–Trinajstić information content (AvgIpc) is 2.45. The summed E-state index contributed by atoms with van der Waals surface area (Å²) < 4.78 is 13.9. The fourth-order valence-electron chi connectivity index (χ4n) is 2.09. The lowest BCUT2D eigenvalue weighted by Gasteiger charge is -2.24. The van der Waals surface area contributed by atoms with Crippen molar-refractivity contribution in [1.29, 1.82) is 0 Å². The van der Waals surface area contributed by atoms with Gasteiger partial charge in [-0.25, -0.2) is 9.37 Å². The molecule has 0 unspecified atom stereocenters. The maximum absolute atomic E-state index is 13.9. The molecule has 0 saturated heterocycles. The van der Waals surface area contributed by atoms with E-state index in [1.54, 1.807) is 17.0 Å². The fourth-order valence-corrected chi connectivity index (χ4v) is 2.09. The highest BCUT2D eigenvalue weighted by atomic mass is 19.1. The highest BCUT2D eigenvalue weighted by Crippen LogP contribution is 2.29. The van der Waals surface area contributed by atoms with E-state index in [9.17, 15) is 4.39 Å². The number of aromatic nitrogens is 1. The molecule has 2 N–H and O–H groups in total. The van der Waals surface area contributed by atoms with Gasteiger partial charge in [-0.15, -0.1) is 0 Å². The van der Waals surface area contributed by atoms with Gasteiger partial charge in [0.2, 0.25) is 0 Å². The second-order valence-electron chi connectivity index (χ2n) is 6.18. The van der Waals surface area contributed by atoms with E-state index < -0.39 is 0 Å². The van der Waals surface area contributed by atoms with Crippen molar-refractivity contribution in [2.45, 2.75) is 32.7 Å². The van der Waals surface area contributed by atoms with Gasteiger partial charge in [-0.1, -0.05) is 32.9 Å². The van der Waals surface area contributed by atoms with Gasteiger partial charge >= 0.3 is 0 Å². The second-order valence-corrected chi connectivity index (χ2v) is 6.18. The Morgan fingerprint density at radius 2 is 1.86 bits per heavy atom. The molecule has 0 fully saturated rings. The molecule has 0 aliphatic rings. The van der Waals surface area contributed by atoms with Crippen LogP contribution in [0.5, 0.6) is 0 Å². The second kappa shape index (κ2) is 5.82. The third-order valence-electron chi connectivity index (χ3n) is 3.43. The first-order valence-electron chi connectivity index (χ1n) is 7.02. The van der Waals surface area contributed by atoms with Gasteiger partial charge in [-0.3, -0.25) is 0 Å². The van der Waals surface area contributed by atoms with Gasteiger partial charge in [-0.05, 0) is 29.8 Å². The molecule has 0 radical (unpaired) electrons. The summed E-state index contributed by atoms with van der Waals surface area (Å²) in [5.74, 6) is 0.435. The van der Waals surface area contributed by atoms with Crippen LogP contribution >= 0.6 is 0 Å². The third kappa shape index (κ3) is 3.39.